The number of guanidine groups is 1. The highest BCUT2D eigenvalue weighted by atomic mass is 127. The van der Waals surface area contributed by atoms with Crippen LogP contribution in [0, 0.1) is 6.92 Å². The summed E-state index contributed by atoms with van der Waals surface area (Å²) < 4.78 is 1.93. The third kappa shape index (κ3) is 5.49. The van der Waals surface area contributed by atoms with Crippen molar-refractivity contribution >= 4 is 41.3 Å². The third-order valence-electron chi connectivity index (χ3n) is 2.66. The van der Waals surface area contributed by atoms with Crippen molar-refractivity contribution in [3.8, 4) is 0 Å². The summed E-state index contributed by atoms with van der Waals surface area (Å²) in [5, 5.41) is 15.0. The molecule has 0 spiro atoms. The van der Waals surface area contributed by atoms with Gasteiger partial charge in [0.05, 0.1) is 12.7 Å². The van der Waals surface area contributed by atoms with Gasteiger partial charge in [0.15, 0.2) is 5.96 Å². The van der Waals surface area contributed by atoms with E-state index >= 15 is 0 Å². The van der Waals surface area contributed by atoms with Crippen molar-refractivity contribution in [3.05, 3.63) is 40.3 Å². The molecule has 0 aromatic carbocycles. The van der Waals surface area contributed by atoms with Crippen LogP contribution in [0.4, 0.5) is 0 Å². The molecule has 0 unspecified atom stereocenters. The molecule has 2 aromatic heterocycles. The quantitative estimate of drug-likeness (QED) is 0.456. The molecule has 0 aliphatic heterocycles. The SMILES string of the molecule is CN=C(NCCn1cc(C)cn1)NCc1ccsc1.I. The molecule has 7 heteroatoms. The zero-order valence-electron chi connectivity index (χ0n) is 11.7. The highest BCUT2D eigenvalue weighted by Gasteiger charge is 1.99. The third-order valence-corrected chi connectivity index (χ3v) is 3.39. The maximum Gasteiger partial charge on any atom is 0.191 e. The lowest BCUT2D eigenvalue weighted by atomic mass is 10.3. The first-order valence-corrected chi connectivity index (χ1v) is 7.17. The van der Waals surface area contributed by atoms with E-state index in [1.54, 1.807) is 18.4 Å². The second kappa shape index (κ2) is 8.96. The van der Waals surface area contributed by atoms with Crippen LogP contribution < -0.4 is 10.6 Å². The van der Waals surface area contributed by atoms with Crippen LogP contribution in [0.2, 0.25) is 0 Å². The minimum atomic E-state index is 0. The predicted molar refractivity (Wildman–Crippen MR) is 94.9 cm³/mol. The lowest BCUT2D eigenvalue weighted by Gasteiger charge is -2.11. The average Bonchev–Trinajstić information content (AvgIpc) is 3.05. The number of nitrogens with one attached hydrogen (secondary N) is 2. The number of rotatable bonds is 5. The fourth-order valence-electron chi connectivity index (χ4n) is 1.68. The van der Waals surface area contributed by atoms with E-state index in [9.17, 15) is 0 Å². The van der Waals surface area contributed by atoms with Crippen molar-refractivity contribution in [3.63, 3.8) is 0 Å². The van der Waals surface area contributed by atoms with Crippen LogP contribution in [0.15, 0.2) is 34.2 Å². The molecule has 0 aliphatic carbocycles. The fourth-order valence-corrected chi connectivity index (χ4v) is 2.35. The zero-order chi connectivity index (χ0) is 13.5. The van der Waals surface area contributed by atoms with Crippen LogP contribution in [0.1, 0.15) is 11.1 Å². The van der Waals surface area contributed by atoms with Gasteiger partial charge in [0.2, 0.25) is 0 Å². The van der Waals surface area contributed by atoms with Crippen LogP contribution in [0.3, 0.4) is 0 Å². The van der Waals surface area contributed by atoms with Crippen LogP contribution in [-0.4, -0.2) is 29.3 Å². The molecule has 2 rings (SSSR count). The molecule has 5 nitrogen and oxygen atoms in total. The van der Waals surface area contributed by atoms with Gasteiger partial charge in [0, 0.05) is 26.3 Å². The largest absolute Gasteiger partial charge is 0.355 e. The van der Waals surface area contributed by atoms with Crippen molar-refractivity contribution < 1.29 is 0 Å². The molecule has 0 saturated carbocycles. The minimum absolute atomic E-state index is 0. The molecule has 20 heavy (non-hydrogen) atoms. The number of aromatic nitrogens is 2. The molecule has 110 valence electrons. The van der Waals surface area contributed by atoms with Gasteiger partial charge in [-0.2, -0.15) is 16.4 Å². The van der Waals surface area contributed by atoms with Crippen molar-refractivity contribution in [1.29, 1.82) is 0 Å². The number of aryl methyl sites for hydroxylation is 1. The Balaban J connectivity index is 0.00000200. The summed E-state index contributed by atoms with van der Waals surface area (Å²) in [6.07, 6.45) is 3.90. The summed E-state index contributed by atoms with van der Waals surface area (Å²) in [5.41, 5.74) is 2.45. The van der Waals surface area contributed by atoms with Gasteiger partial charge in [0.25, 0.3) is 0 Å². The van der Waals surface area contributed by atoms with E-state index in [2.05, 4.69) is 37.6 Å². The molecular weight excluding hydrogens is 385 g/mol. The van der Waals surface area contributed by atoms with Gasteiger partial charge in [-0.3, -0.25) is 9.67 Å². The molecule has 0 fully saturated rings. The van der Waals surface area contributed by atoms with Crippen molar-refractivity contribution in [1.82, 2.24) is 20.4 Å². The van der Waals surface area contributed by atoms with Crippen LogP contribution in [0.5, 0.6) is 0 Å². The number of hydrogen-bond acceptors (Lipinski definition) is 3. The Kier molecular flexibility index (Phi) is 7.60. The average molecular weight is 405 g/mol. The Morgan fingerprint density at radius 1 is 1.45 bits per heavy atom. The molecule has 2 aromatic rings. The van der Waals surface area contributed by atoms with E-state index in [1.165, 1.54) is 11.1 Å². The monoisotopic (exact) mass is 405 g/mol. The van der Waals surface area contributed by atoms with E-state index < -0.39 is 0 Å². The Morgan fingerprint density at radius 3 is 2.90 bits per heavy atom. The molecular formula is C13H20IN5S. The predicted octanol–water partition coefficient (Wildman–Crippen LogP) is 2.24. The van der Waals surface area contributed by atoms with Crippen LogP contribution in [0.25, 0.3) is 0 Å². The molecule has 2 heterocycles. The molecule has 0 saturated heterocycles. The minimum Gasteiger partial charge on any atom is -0.355 e. The Bertz CT molecular complexity index is 521. The molecule has 0 aliphatic rings. The first kappa shape index (κ1) is 17.0. The Hall–Kier alpha value is -1.09. The highest BCUT2D eigenvalue weighted by molar-refractivity contribution is 14.0. The summed E-state index contributed by atoms with van der Waals surface area (Å²) in [6.45, 7) is 4.46. The lowest BCUT2D eigenvalue weighted by Crippen LogP contribution is -2.38. The normalized spacial score (nSPS) is 11.0. The van der Waals surface area contributed by atoms with E-state index in [1.807, 2.05) is 24.0 Å². The topological polar surface area (TPSA) is 54.2 Å². The highest BCUT2D eigenvalue weighted by Crippen LogP contribution is 2.04. The molecule has 0 amide bonds. The Labute approximate surface area is 140 Å². The summed E-state index contributed by atoms with van der Waals surface area (Å²) in [6, 6.07) is 2.11. The van der Waals surface area contributed by atoms with Gasteiger partial charge in [0.1, 0.15) is 0 Å². The summed E-state index contributed by atoms with van der Waals surface area (Å²) in [7, 11) is 1.78. The summed E-state index contributed by atoms with van der Waals surface area (Å²) in [5.74, 6) is 0.815. The standard InChI is InChI=1S/C13H19N5S.HI/c1-11-7-17-18(9-11)5-4-15-13(14-2)16-8-12-3-6-19-10-12;/h3,6-7,9-10H,4-5,8H2,1-2H3,(H2,14,15,16);1H. The van der Waals surface area contributed by atoms with Gasteiger partial charge >= 0.3 is 0 Å². The smallest absolute Gasteiger partial charge is 0.191 e. The van der Waals surface area contributed by atoms with E-state index in [0.29, 0.717) is 0 Å². The lowest BCUT2D eigenvalue weighted by molar-refractivity contribution is 0.597. The van der Waals surface area contributed by atoms with Gasteiger partial charge < -0.3 is 10.6 Å². The number of aliphatic imine (C=N–C) groups is 1. The molecule has 0 radical (unpaired) electrons. The van der Waals surface area contributed by atoms with Gasteiger partial charge in [-0.05, 0) is 34.9 Å². The Morgan fingerprint density at radius 2 is 2.30 bits per heavy atom. The number of thiophene rings is 1. The van der Waals surface area contributed by atoms with E-state index in [-0.39, 0.29) is 24.0 Å². The maximum absolute atomic E-state index is 4.24. The number of nitrogens with zero attached hydrogens (tertiary/aromatic N) is 3. The molecule has 0 bridgehead atoms. The molecule has 0 atom stereocenters. The summed E-state index contributed by atoms with van der Waals surface area (Å²) in [4.78, 5) is 4.19. The van der Waals surface area contributed by atoms with Gasteiger partial charge in [-0.1, -0.05) is 0 Å². The van der Waals surface area contributed by atoms with E-state index in [0.717, 1.165) is 25.6 Å². The van der Waals surface area contributed by atoms with Crippen LogP contribution in [-0.2, 0) is 13.1 Å². The van der Waals surface area contributed by atoms with E-state index in [4.69, 9.17) is 0 Å². The first-order valence-electron chi connectivity index (χ1n) is 6.22. The first-order chi connectivity index (χ1) is 9.28. The second-order valence-electron chi connectivity index (χ2n) is 4.26. The number of hydrogen-bond donors (Lipinski definition) is 2. The van der Waals surface area contributed by atoms with Crippen molar-refractivity contribution in [2.24, 2.45) is 4.99 Å². The van der Waals surface area contributed by atoms with Gasteiger partial charge in [-0.15, -0.1) is 24.0 Å². The van der Waals surface area contributed by atoms with Gasteiger partial charge in [-0.25, -0.2) is 0 Å². The second-order valence-corrected chi connectivity index (χ2v) is 5.04. The molecule has 2 N–H and O–H groups in total. The zero-order valence-corrected chi connectivity index (χ0v) is 14.8. The van der Waals surface area contributed by atoms with Crippen molar-refractivity contribution in [2.75, 3.05) is 13.6 Å². The van der Waals surface area contributed by atoms with Crippen LogP contribution >= 0.6 is 35.3 Å². The maximum atomic E-state index is 4.24. The number of halogens is 1. The fraction of sp³-hybridized carbons (Fsp3) is 0.385. The summed E-state index contributed by atoms with van der Waals surface area (Å²) >= 11 is 1.70. The van der Waals surface area contributed by atoms with Crippen molar-refractivity contribution in [2.45, 2.75) is 20.0 Å².